The summed E-state index contributed by atoms with van der Waals surface area (Å²) < 4.78 is 5.91. The van der Waals surface area contributed by atoms with Crippen molar-refractivity contribution in [2.24, 2.45) is 5.92 Å². The molecule has 86 valence electrons. The smallest absolute Gasteiger partial charge is 0.269 e. The summed E-state index contributed by atoms with van der Waals surface area (Å²) in [4.78, 5) is 15.8. The van der Waals surface area contributed by atoms with Gasteiger partial charge in [-0.3, -0.25) is 4.79 Å². The van der Waals surface area contributed by atoms with Crippen molar-refractivity contribution in [1.82, 2.24) is 10.3 Å². The number of carbonyl (C=O) groups excluding carboxylic acids is 1. The third kappa shape index (κ3) is 3.02. The molecule has 0 bridgehead atoms. The number of ether oxygens (including phenoxy) is 1. The standard InChI is InChI=1S/C11H13BrN2O2/c12-10-3-1-2-9(14-10)11(15)13-6-8-4-5-16-7-8/h1-3,8H,4-7H2,(H,13,15). The van der Waals surface area contributed by atoms with Gasteiger partial charge in [-0.25, -0.2) is 4.98 Å². The lowest BCUT2D eigenvalue weighted by atomic mass is 10.1. The molecule has 0 aromatic carbocycles. The lowest BCUT2D eigenvalue weighted by molar-refractivity contribution is 0.0940. The van der Waals surface area contributed by atoms with Crippen LogP contribution in [-0.4, -0.2) is 30.6 Å². The van der Waals surface area contributed by atoms with Crippen molar-refractivity contribution in [2.45, 2.75) is 6.42 Å². The molecule has 1 aromatic heterocycles. The summed E-state index contributed by atoms with van der Waals surface area (Å²) in [5.74, 6) is 0.310. The zero-order chi connectivity index (χ0) is 11.4. The number of nitrogens with zero attached hydrogens (tertiary/aromatic N) is 1. The molecule has 1 fully saturated rings. The average molecular weight is 285 g/mol. The summed E-state index contributed by atoms with van der Waals surface area (Å²) >= 11 is 3.24. The minimum absolute atomic E-state index is 0.131. The van der Waals surface area contributed by atoms with Crippen LogP contribution >= 0.6 is 15.9 Å². The molecule has 1 aliphatic rings. The number of halogens is 1. The molecule has 1 amide bonds. The maximum Gasteiger partial charge on any atom is 0.269 e. The van der Waals surface area contributed by atoms with E-state index in [9.17, 15) is 4.79 Å². The van der Waals surface area contributed by atoms with Crippen LogP contribution in [0.5, 0.6) is 0 Å². The molecule has 1 aliphatic heterocycles. The third-order valence-electron chi connectivity index (χ3n) is 2.52. The molecular weight excluding hydrogens is 272 g/mol. The van der Waals surface area contributed by atoms with E-state index in [1.54, 1.807) is 18.2 Å². The van der Waals surface area contributed by atoms with E-state index in [1.165, 1.54) is 0 Å². The van der Waals surface area contributed by atoms with Crippen LogP contribution in [0.4, 0.5) is 0 Å². The fourth-order valence-corrected chi connectivity index (χ4v) is 1.95. The highest BCUT2D eigenvalue weighted by molar-refractivity contribution is 9.10. The van der Waals surface area contributed by atoms with Gasteiger partial charge in [-0.2, -0.15) is 0 Å². The molecule has 16 heavy (non-hydrogen) atoms. The Bertz CT molecular complexity index is 378. The van der Waals surface area contributed by atoms with Crippen LogP contribution in [-0.2, 0) is 4.74 Å². The minimum atomic E-state index is -0.131. The Morgan fingerprint density at radius 1 is 1.62 bits per heavy atom. The molecular formula is C11H13BrN2O2. The third-order valence-corrected chi connectivity index (χ3v) is 2.96. The second-order valence-corrected chi connectivity index (χ2v) is 4.60. The highest BCUT2D eigenvalue weighted by Crippen LogP contribution is 2.11. The SMILES string of the molecule is O=C(NCC1CCOC1)c1cccc(Br)n1. The number of hydrogen-bond acceptors (Lipinski definition) is 3. The van der Waals surface area contributed by atoms with Crippen molar-refractivity contribution < 1.29 is 9.53 Å². The van der Waals surface area contributed by atoms with E-state index in [2.05, 4.69) is 26.2 Å². The Balaban J connectivity index is 1.87. The van der Waals surface area contributed by atoms with Crippen molar-refractivity contribution in [3.05, 3.63) is 28.5 Å². The quantitative estimate of drug-likeness (QED) is 0.858. The zero-order valence-electron chi connectivity index (χ0n) is 8.78. The summed E-state index contributed by atoms with van der Waals surface area (Å²) in [6.45, 7) is 2.20. The molecule has 0 spiro atoms. The Kier molecular flexibility index (Phi) is 3.90. The molecule has 5 heteroatoms. The van der Waals surface area contributed by atoms with Gasteiger partial charge in [0.2, 0.25) is 0 Å². The van der Waals surface area contributed by atoms with Gasteiger partial charge in [0.25, 0.3) is 5.91 Å². The lowest BCUT2D eigenvalue weighted by Crippen LogP contribution is -2.30. The molecule has 0 aliphatic carbocycles. The summed E-state index contributed by atoms with van der Waals surface area (Å²) in [6, 6.07) is 5.29. The first-order chi connectivity index (χ1) is 7.75. The van der Waals surface area contributed by atoms with Crippen molar-refractivity contribution in [3.63, 3.8) is 0 Å². The predicted octanol–water partition coefficient (Wildman–Crippen LogP) is 1.61. The van der Waals surface area contributed by atoms with Crippen LogP contribution in [0.3, 0.4) is 0 Å². The van der Waals surface area contributed by atoms with Crippen LogP contribution in [0.25, 0.3) is 0 Å². The minimum Gasteiger partial charge on any atom is -0.381 e. The van der Waals surface area contributed by atoms with Gasteiger partial charge < -0.3 is 10.1 Å². The van der Waals surface area contributed by atoms with Gasteiger partial charge in [-0.15, -0.1) is 0 Å². The molecule has 1 unspecified atom stereocenters. The van der Waals surface area contributed by atoms with E-state index in [-0.39, 0.29) is 5.91 Å². The molecule has 0 radical (unpaired) electrons. The molecule has 1 atom stereocenters. The predicted molar refractivity (Wildman–Crippen MR) is 63.2 cm³/mol. The van der Waals surface area contributed by atoms with Gasteiger partial charge in [0.15, 0.2) is 0 Å². The molecule has 4 nitrogen and oxygen atoms in total. The fourth-order valence-electron chi connectivity index (χ4n) is 1.61. The van der Waals surface area contributed by atoms with Crippen LogP contribution in [0.1, 0.15) is 16.9 Å². The Morgan fingerprint density at radius 2 is 2.50 bits per heavy atom. The Morgan fingerprint density at radius 3 is 3.19 bits per heavy atom. The number of carbonyl (C=O) groups is 1. The number of amides is 1. The van der Waals surface area contributed by atoms with Gasteiger partial charge in [0.1, 0.15) is 10.3 Å². The topological polar surface area (TPSA) is 51.2 Å². The second kappa shape index (κ2) is 5.41. The molecule has 2 heterocycles. The number of hydrogen-bond donors (Lipinski definition) is 1. The monoisotopic (exact) mass is 284 g/mol. The van der Waals surface area contributed by atoms with Crippen molar-refractivity contribution >= 4 is 21.8 Å². The van der Waals surface area contributed by atoms with Crippen LogP contribution in [0, 0.1) is 5.92 Å². The summed E-state index contributed by atoms with van der Waals surface area (Å²) in [5, 5.41) is 2.87. The summed E-state index contributed by atoms with van der Waals surface area (Å²) in [6.07, 6.45) is 1.02. The van der Waals surface area contributed by atoms with Gasteiger partial charge in [-0.05, 0) is 34.5 Å². The van der Waals surface area contributed by atoms with Crippen molar-refractivity contribution in [2.75, 3.05) is 19.8 Å². The van der Waals surface area contributed by atoms with Gasteiger partial charge in [0, 0.05) is 19.1 Å². The Labute approximate surface area is 103 Å². The van der Waals surface area contributed by atoms with Gasteiger partial charge in [0.05, 0.1) is 6.61 Å². The van der Waals surface area contributed by atoms with E-state index in [0.29, 0.717) is 22.8 Å². The summed E-state index contributed by atoms with van der Waals surface area (Å²) in [5.41, 5.74) is 0.438. The Hall–Kier alpha value is -0.940. The molecule has 1 aromatic rings. The number of rotatable bonds is 3. The van der Waals surface area contributed by atoms with E-state index in [1.807, 2.05) is 0 Å². The summed E-state index contributed by atoms with van der Waals surface area (Å²) in [7, 11) is 0. The van der Waals surface area contributed by atoms with E-state index < -0.39 is 0 Å². The largest absolute Gasteiger partial charge is 0.381 e. The first-order valence-electron chi connectivity index (χ1n) is 5.24. The van der Waals surface area contributed by atoms with Gasteiger partial charge >= 0.3 is 0 Å². The maximum absolute atomic E-state index is 11.7. The molecule has 0 saturated carbocycles. The van der Waals surface area contributed by atoms with E-state index in [4.69, 9.17) is 4.74 Å². The first kappa shape index (κ1) is 11.5. The van der Waals surface area contributed by atoms with Crippen molar-refractivity contribution in [3.8, 4) is 0 Å². The number of nitrogens with one attached hydrogen (secondary N) is 1. The highest BCUT2D eigenvalue weighted by atomic mass is 79.9. The molecule has 2 rings (SSSR count). The van der Waals surface area contributed by atoms with E-state index >= 15 is 0 Å². The molecule has 1 N–H and O–H groups in total. The fraction of sp³-hybridized carbons (Fsp3) is 0.455. The van der Waals surface area contributed by atoms with Crippen LogP contribution < -0.4 is 5.32 Å². The normalized spacial score (nSPS) is 19.7. The lowest BCUT2D eigenvalue weighted by Gasteiger charge is -2.08. The first-order valence-corrected chi connectivity index (χ1v) is 6.03. The van der Waals surface area contributed by atoms with Crippen LogP contribution in [0.15, 0.2) is 22.8 Å². The zero-order valence-corrected chi connectivity index (χ0v) is 10.4. The average Bonchev–Trinajstić information content (AvgIpc) is 2.78. The number of aromatic nitrogens is 1. The highest BCUT2D eigenvalue weighted by Gasteiger charge is 2.17. The van der Waals surface area contributed by atoms with Crippen molar-refractivity contribution in [1.29, 1.82) is 0 Å². The van der Waals surface area contributed by atoms with Gasteiger partial charge in [-0.1, -0.05) is 6.07 Å². The van der Waals surface area contributed by atoms with E-state index in [0.717, 1.165) is 19.6 Å². The maximum atomic E-state index is 11.7. The second-order valence-electron chi connectivity index (χ2n) is 3.79. The molecule has 1 saturated heterocycles. The number of pyridine rings is 1. The van der Waals surface area contributed by atoms with Crippen LogP contribution in [0.2, 0.25) is 0 Å².